The smallest absolute Gasteiger partial charge is 0.325 e. The number of urea groups is 1. The van der Waals surface area contributed by atoms with Crippen LogP contribution in [0.5, 0.6) is 11.6 Å². The number of hydrogen-bond acceptors (Lipinski definition) is 6. The number of carbonyl (C=O) groups excluding carboxylic acids is 2. The van der Waals surface area contributed by atoms with Crippen molar-refractivity contribution >= 4 is 17.6 Å². The first-order valence-corrected chi connectivity index (χ1v) is 10.6. The number of nitrogens with zero attached hydrogens (tertiary/aromatic N) is 5. The highest BCUT2D eigenvalue weighted by atomic mass is 16.5. The third kappa shape index (κ3) is 4.59. The zero-order valence-corrected chi connectivity index (χ0v) is 17.9. The molecule has 1 atom stereocenters. The van der Waals surface area contributed by atoms with Crippen LogP contribution >= 0.6 is 0 Å². The van der Waals surface area contributed by atoms with Crippen molar-refractivity contribution in [3.05, 3.63) is 48.2 Å². The van der Waals surface area contributed by atoms with Crippen LogP contribution in [0.25, 0.3) is 0 Å². The number of piperidine rings is 1. The summed E-state index contributed by atoms with van der Waals surface area (Å²) in [5.41, 5.74) is 1.18. The summed E-state index contributed by atoms with van der Waals surface area (Å²) in [6, 6.07) is 12.4. The van der Waals surface area contributed by atoms with Crippen molar-refractivity contribution in [2.45, 2.75) is 18.9 Å². The second-order valence-electron chi connectivity index (χ2n) is 7.74. The molecule has 3 amide bonds. The van der Waals surface area contributed by atoms with Crippen LogP contribution in [0, 0.1) is 11.3 Å². The van der Waals surface area contributed by atoms with Gasteiger partial charge in [-0.15, -0.1) is 0 Å². The summed E-state index contributed by atoms with van der Waals surface area (Å²) in [6.07, 6.45) is 2.93. The van der Waals surface area contributed by atoms with Gasteiger partial charge < -0.3 is 19.3 Å². The topological polar surface area (TPSA) is 99.0 Å². The van der Waals surface area contributed by atoms with E-state index in [0.717, 1.165) is 12.8 Å². The Morgan fingerprint density at radius 3 is 2.91 bits per heavy atom. The summed E-state index contributed by atoms with van der Waals surface area (Å²) in [6.45, 7) is 2.05. The van der Waals surface area contributed by atoms with E-state index >= 15 is 0 Å². The van der Waals surface area contributed by atoms with Crippen molar-refractivity contribution in [3.63, 3.8) is 0 Å². The summed E-state index contributed by atoms with van der Waals surface area (Å²) in [5.74, 6) is 0.900. The van der Waals surface area contributed by atoms with Crippen molar-refractivity contribution in [2.75, 3.05) is 44.7 Å². The van der Waals surface area contributed by atoms with E-state index in [1.165, 1.54) is 6.20 Å². The number of methoxy groups -OCH3 is 1. The fraction of sp³-hybridized carbons (Fsp3) is 0.391. The molecule has 0 saturated carbocycles. The van der Waals surface area contributed by atoms with Crippen molar-refractivity contribution in [2.24, 2.45) is 0 Å². The third-order valence-corrected chi connectivity index (χ3v) is 5.68. The molecule has 2 aliphatic heterocycles. The highest BCUT2D eigenvalue weighted by molar-refractivity contribution is 5.97. The molecule has 0 aliphatic carbocycles. The Morgan fingerprint density at radius 1 is 1.25 bits per heavy atom. The molecule has 2 aromatic rings. The number of anilines is 1. The lowest BCUT2D eigenvalue weighted by Crippen LogP contribution is -2.48. The minimum absolute atomic E-state index is 0.0272. The average Bonchev–Trinajstić information content (AvgIpc) is 3.19. The van der Waals surface area contributed by atoms with Gasteiger partial charge in [-0.25, -0.2) is 9.78 Å². The average molecular weight is 435 g/mol. The molecule has 0 spiro atoms. The second-order valence-corrected chi connectivity index (χ2v) is 7.74. The molecular formula is C23H25N5O4. The molecule has 4 rings (SSSR count). The molecular weight excluding hydrogens is 410 g/mol. The van der Waals surface area contributed by atoms with Gasteiger partial charge in [-0.05, 0) is 31.0 Å². The van der Waals surface area contributed by atoms with E-state index in [9.17, 15) is 9.59 Å². The van der Waals surface area contributed by atoms with Gasteiger partial charge in [0.15, 0.2) is 0 Å². The monoisotopic (exact) mass is 435 g/mol. The van der Waals surface area contributed by atoms with Gasteiger partial charge in [-0.1, -0.05) is 12.1 Å². The lowest BCUT2D eigenvalue weighted by molar-refractivity contribution is -0.134. The maximum absolute atomic E-state index is 12.9. The number of likely N-dealkylation sites (tertiary alicyclic amines) is 1. The largest absolute Gasteiger partial charge is 0.495 e. The van der Waals surface area contributed by atoms with Crippen LogP contribution in [0.1, 0.15) is 18.4 Å². The lowest BCUT2D eigenvalue weighted by Gasteiger charge is -2.33. The number of carbonyl (C=O) groups is 2. The van der Waals surface area contributed by atoms with E-state index in [1.54, 1.807) is 33.9 Å². The highest BCUT2D eigenvalue weighted by Gasteiger charge is 2.34. The van der Waals surface area contributed by atoms with Crippen LogP contribution in [0.4, 0.5) is 10.5 Å². The van der Waals surface area contributed by atoms with Crippen LogP contribution < -0.4 is 14.4 Å². The Morgan fingerprint density at radius 2 is 2.09 bits per heavy atom. The molecule has 9 nitrogen and oxygen atoms in total. The maximum atomic E-state index is 12.9. The van der Waals surface area contributed by atoms with E-state index in [2.05, 4.69) is 11.1 Å². The van der Waals surface area contributed by atoms with Gasteiger partial charge >= 0.3 is 6.03 Å². The lowest BCUT2D eigenvalue weighted by atomic mass is 10.1. The van der Waals surface area contributed by atoms with Crippen LogP contribution in [-0.2, 0) is 4.79 Å². The number of amides is 3. The summed E-state index contributed by atoms with van der Waals surface area (Å²) in [5, 5.41) is 9.03. The van der Waals surface area contributed by atoms with Gasteiger partial charge in [0.05, 0.1) is 31.0 Å². The van der Waals surface area contributed by atoms with Gasteiger partial charge in [0, 0.05) is 31.9 Å². The van der Waals surface area contributed by atoms with E-state index in [0.29, 0.717) is 49.1 Å². The van der Waals surface area contributed by atoms with Crippen LogP contribution in [-0.4, -0.2) is 72.7 Å². The van der Waals surface area contributed by atoms with Gasteiger partial charge in [0.2, 0.25) is 11.8 Å². The summed E-state index contributed by atoms with van der Waals surface area (Å²) < 4.78 is 11.3. The first-order chi connectivity index (χ1) is 15.6. The number of benzene rings is 1. The highest BCUT2D eigenvalue weighted by Crippen LogP contribution is 2.30. The molecule has 9 heteroatoms. The quantitative estimate of drug-likeness (QED) is 0.690. The summed E-state index contributed by atoms with van der Waals surface area (Å²) in [4.78, 5) is 35.0. The standard InChI is InChI=1S/C23H25N5O4/c1-31-20-7-3-2-6-19(20)28-12-11-27(23(28)30)16-22(29)26-10-4-5-18(15-26)32-21-13-17(14-24)8-9-25-21/h2-3,6-9,13,18H,4-5,10-12,15-16H2,1H3/t18-/m0/s1. The molecule has 0 radical (unpaired) electrons. The van der Waals surface area contributed by atoms with Crippen molar-refractivity contribution in [3.8, 4) is 17.7 Å². The molecule has 0 unspecified atom stereocenters. The van der Waals surface area contributed by atoms with Gasteiger partial charge in [0.1, 0.15) is 18.4 Å². The Bertz CT molecular complexity index is 1040. The minimum atomic E-state index is -0.204. The molecule has 0 N–H and O–H groups in total. The molecule has 1 aromatic heterocycles. The number of rotatable bonds is 6. The molecule has 166 valence electrons. The van der Waals surface area contributed by atoms with Crippen molar-refractivity contribution in [1.29, 1.82) is 5.26 Å². The predicted molar refractivity (Wildman–Crippen MR) is 116 cm³/mol. The van der Waals surface area contributed by atoms with Crippen LogP contribution in [0.3, 0.4) is 0 Å². The number of ether oxygens (including phenoxy) is 2. The Balaban J connectivity index is 1.35. The normalized spacial score (nSPS) is 18.4. The number of nitriles is 1. The maximum Gasteiger partial charge on any atom is 0.325 e. The van der Waals surface area contributed by atoms with Crippen LogP contribution in [0.2, 0.25) is 0 Å². The van der Waals surface area contributed by atoms with Gasteiger partial charge in [-0.2, -0.15) is 5.26 Å². The zero-order chi connectivity index (χ0) is 22.5. The molecule has 2 fully saturated rings. The molecule has 3 heterocycles. The van der Waals surface area contributed by atoms with E-state index in [4.69, 9.17) is 14.7 Å². The Hall–Kier alpha value is -3.80. The van der Waals surface area contributed by atoms with Gasteiger partial charge in [0.25, 0.3) is 0 Å². The van der Waals surface area contributed by atoms with Crippen molar-refractivity contribution < 1.29 is 19.1 Å². The number of hydrogen-bond donors (Lipinski definition) is 0. The zero-order valence-electron chi connectivity index (χ0n) is 17.9. The third-order valence-electron chi connectivity index (χ3n) is 5.68. The number of para-hydroxylation sites is 2. The number of pyridine rings is 1. The summed E-state index contributed by atoms with van der Waals surface area (Å²) in [7, 11) is 1.57. The number of aromatic nitrogens is 1. The summed E-state index contributed by atoms with van der Waals surface area (Å²) >= 11 is 0. The molecule has 1 aromatic carbocycles. The predicted octanol–water partition coefficient (Wildman–Crippen LogP) is 2.27. The Labute approximate surface area is 186 Å². The molecule has 32 heavy (non-hydrogen) atoms. The first-order valence-electron chi connectivity index (χ1n) is 10.6. The molecule has 0 bridgehead atoms. The Kier molecular flexibility index (Phi) is 6.40. The fourth-order valence-electron chi connectivity index (χ4n) is 4.04. The molecule has 2 aliphatic rings. The fourth-order valence-corrected chi connectivity index (χ4v) is 4.04. The van der Waals surface area contributed by atoms with E-state index < -0.39 is 0 Å². The van der Waals surface area contributed by atoms with E-state index in [1.807, 2.05) is 24.3 Å². The second kappa shape index (κ2) is 9.56. The van der Waals surface area contributed by atoms with E-state index in [-0.39, 0.29) is 24.6 Å². The van der Waals surface area contributed by atoms with Gasteiger partial charge in [-0.3, -0.25) is 9.69 Å². The minimum Gasteiger partial charge on any atom is -0.495 e. The van der Waals surface area contributed by atoms with Crippen molar-refractivity contribution in [1.82, 2.24) is 14.8 Å². The SMILES string of the molecule is COc1ccccc1N1CCN(CC(=O)N2CCC[C@H](Oc3cc(C#N)ccn3)C2)C1=O. The molecule has 2 saturated heterocycles. The van der Waals surface area contributed by atoms with Crippen LogP contribution in [0.15, 0.2) is 42.6 Å². The first kappa shape index (κ1) is 21.4.